The van der Waals surface area contributed by atoms with Crippen molar-refractivity contribution in [2.75, 3.05) is 13.6 Å². The highest BCUT2D eigenvalue weighted by molar-refractivity contribution is 5.85. The van der Waals surface area contributed by atoms with Crippen molar-refractivity contribution >= 4 is 5.91 Å². The first-order valence-electron chi connectivity index (χ1n) is 8.79. The molecule has 3 N–H and O–H groups in total. The van der Waals surface area contributed by atoms with Gasteiger partial charge in [-0.1, -0.05) is 20.3 Å². The molecule has 0 aromatic heterocycles. The van der Waals surface area contributed by atoms with Crippen LogP contribution in [-0.2, 0) is 4.79 Å². The van der Waals surface area contributed by atoms with Gasteiger partial charge in [0, 0.05) is 12.1 Å². The van der Waals surface area contributed by atoms with Gasteiger partial charge < -0.3 is 16.0 Å². The number of nitrogens with zero attached hydrogens (tertiary/aromatic N) is 1. The van der Waals surface area contributed by atoms with Crippen LogP contribution in [0.2, 0.25) is 0 Å². The lowest BCUT2D eigenvalue weighted by molar-refractivity contribution is -0.124. The quantitative estimate of drug-likeness (QED) is 0.790. The molecule has 0 heterocycles. The first kappa shape index (κ1) is 16.8. The highest BCUT2D eigenvalue weighted by Crippen LogP contribution is 2.36. The van der Waals surface area contributed by atoms with Crippen LogP contribution < -0.4 is 11.1 Å². The summed E-state index contributed by atoms with van der Waals surface area (Å²) in [5.74, 6) is 0.764. The van der Waals surface area contributed by atoms with Gasteiger partial charge in [-0.2, -0.15) is 0 Å². The molecule has 0 bridgehead atoms. The highest BCUT2D eigenvalue weighted by atomic mass is 16.1. The molecule has 2 aliphatic carbocycles. The fourth-order valence-electron chi connectivity index (χ4n) is 4.44. The maximum absolute atomic E-state index is 11.9. The number of carbonyl (C=O) groups excluding carboxylic acids is 1. The van der Waals surface area contributed by atoms with Crippen LogP contribution in [0.1, 0.15) is 65.2 Å². The van der Waals surface area contributed by atoms with Crippen LogP contribution in [0.3, 0.4) is 0 Å². The number of carbonyl (C=O) groups is 1. The van der Waals surface area contributed by atoms with Crippen molar-refractivity contribution < 1.29 is 4.79 Å². The molecule has 4 nitrogen and oxygen atoms in total. The minimum atomic E-state index is -0.464. The number of nitrogens with one attached hydrogen (secondary N) is 1. The van der Waals surface area contributed by atoms with E-state index < -0.39 is 5.54 Å². The predicted octanol–water partition coefficient (Wildman–Crippen LogP) is 2.27. The van der Waals surface area contributed by atoms with Crippen molar-refractivity contribution in [3.05, 3.63) is 0 Å². The van der Waals surface area contributed by atoms with Crippen molar-refractivity contribution in [1.29, 1.82) is 0 Å². The molecular weight excluding hydrogens is 262 g/mol. The lowest BCUT2D eigenvalue weighted by atomic mass is 9.83. The van der Waals surface area contributed by atoms with E-state index in [0.29, 0.717) is 12.1 Å². The molecule has 122 valence electrons. The molecule has 4 heteroatoms. The molecule has 0 aromatic carbocycles. The summed E-state index contributed by atoms with van der Waals surface area (Å²) < 4.78 is 0. The zero-order valence-electron chi connectivity index (χ0n) is 14.0. The van der Waals surface area contributed by atoms with E-state index in [0.717, 1.165) is 31.7 Å². The highest BCUT2D eigenvalue weighted by Gasteiger charge is 2.45. The molecule has 2 saturated carbocycles. The van der Waals surface area contributed by atoms with E-state index in [9.17, 15) is 4.79 Å². The molecule has 0 aliphatic heterocycles. The summed E-state index contributed by atoms with van der Waals surface area (Å²) in [5, 5.41) is 3.36. The second-order valence-corrected chi connectivity index (χ2v) is 7.12. The molecule has 21 heavy (non-hydrogen) atoms. The Morgan fingerprint density at radius 3 is 2.38 bits per heavy atom. The summed E-state index contributed by atoms with van der Waals surface area (Å²) in [6.07, 6.45) is 9.53. The Morgan fingerprint density at radius 2 is 1.86 bits per heavy atom. The Bertz CT molecular complexity index is 352. The summed E-state index contributed by atoms with van der Waals surface area (Å²) in [6, 6.07) is 1.20. The van der Waals surface area contributed by atoms with E-state index in [2.05, 4.69) is 24.2 Å². The molecule has 2 aliphatic rings. The molecule has 2 fully saturated rings. The third kappa shape index (κ3) is 3.59. The first-order chi connectivity index (χ1) is 10.0. The van der Waals surface area contributed by atoms with Crippen LogP contribution >= 0.6 is 0 Å². The van der Waals surface area contributed by atoms with Gasteiger partial charge in [-0.25, -0.2) is 0 Å². The van der Waals surface area contributed by atoms with E-state index >= 15 is 0 Å². The van der Waals surface area contributed by atoms with Crippen molar-refractivity contribution in [3.8, 4) is 0 Å². The summed E-state index contributed by atoms with van der Waals surface area (Å²) >= 11 is 0. The maximum Gasteiger partial charge on any atom is 0.237 e. The van der Waals surface area contributed by atoms with Crippen molar-refractivity contribution in [1.82, 2.24) is 10.2 Å². The molecule has 2 unspecified atom stereocenters. The van der Waals surface area contributed by atoms with Gasteiger partial charge in [0.2, 0.25) is 5.91 Å². The van der Waals surface area contributed by atoms with E-state index in [1.165, 1.54) is 32.1 Å². The minimum absolute atomic E-state index is 0.171. The van der Waals surface area contributed by atoms with Crippen molar-refractivity contribution in [2.45, 2.75) is 82.8 Å². The molecule has 2 atom stereocenters. The lowest BCUT2D eigenvalue weighted by Gasteiger charge is -2.38. The molecule has 2 rings (SSSR count). The van der Waals surface area contributed by atoms with Crippen LogP contribution in [0, 0.1) is 5.92 Å². The largest absolute Gasteiger partial charge is 0.368 e. The van der Waals surface area contributed by atoms with Crippen LogP contribution in [-0.4, -0.2) is 42.0 Å². The smallest absolute Gasteiger partial charge is 0.237 e. The molecule has 0 radical (unpaired) electrons. The standard InChI is InChI=1S/C17H33N3O/c1-4-13-6-8-14(9-7-13)20(3)15-10-11-17(12-15,16(18)21)19-5-2/h13-15,19H,4-12H2,1-3H3,(H2,18,21). The van der Waals surface area contributed by atoms with Gasteiger partial charge in [0.1, 0.15) is 0 Å². The SMILES string of the molecule is CCNC1(C(N)=O)CCC(N(C)C2CCC(CC)CC2)C1. The van der Waals surface area contributed by atoms with Crippen LogP contribution in [0.25, 0.3) is 0 Å². The van der Waals surface area contributed by atoms with Gasteiger partial charge in [-0.05, 0) is 64.5 Å². The third-order valence-corrected chi connectivity index (χ3v) is 6.02. The van der Waals surface area contributed by atoms with E-state index in [-0.39, 0.29) is 5.91 Å². The number of amides is 1. The Kier molecular flexibility index (Phi) is 5.67. The van der Waals surface area contributed by atoms with Crippen LogP contribution in [0.4, 0.5) is 0 Å². The van der Waals surface area contributed by atoms with Crippen LogP contribution in [0.15, 0.2) is 0 Å². The summed E-state index contributed by atoms with van der Waals surface area (Å²) in [4.78, 5) is 14.4. The van der Waals surface area contributed by atoms with E-state index in [4.69, 9.17) is 5.73 Å². The predicted molar refractivity (Wildman–Crippen MR) is 87.0 cm³/mol. The van der Waals surface area contributed by atoms with Crippen LogP contribution in [0.5, 0.6) is 0 Å². The second kappa shape index (κ2) is 7.10. The van der Waals surface area contributed by atoms with E-state index in [1.54, 1.807) is 0 Å². The lowest BCUT2D eigenvalue weighted by Crippen LogP contribution is -2.54. The normalized spacial score (nSPS) is 37.0. The average molecular weight is 295 g/mol. The Morgan fingerprint density at radius 1 is 1.19 bits per heavy atom. The topological polar surface area (TPSA) is 58.4 Å². The minimum Gasteiger partial charge on any atom is -0.368 e. The molecule has 0 aromatic rings. The molecular formula is C17H33N3O. The van der Waals surface area contributed by atoms with Gasteiger partial charge in [0.05, 0.1) is 5.54 Å². The fourth-order valence-corrected chi connectivity index (χ4v) is 4.44. The fraction of sp³-hybridized carbons (Fsp3) is 0.941. The van der Waals surface area contributed by atoms with Gasteiger partial charge in [-0.3, -0.25) is 4.79 Å². The Hall–Kier alpha value is -0.610. The summed E-state index contributed by atoms with van der Waals surface area (Å²) in [5.41, 5.74) is 5.21. The average Bonchev–Trinajstić information content (AvgIpc) is 2.93. The van der Waals surface area contributed by atoms with Gasteiger partial charge in [0.25, 0.3) is 0 Å². The zero-order chi connectivity index (χ0) is 15.5. The molecule has 0 saturated heterocycles. The number of primary amides is 1. The number of hydrogen-bond donors (Lipinski definition) is 2. The number of hydrogen-bond acceptors (Lipinski definition) is 3. The molecule has 1 amide bonds. The maximum atomic E-state index is 11.9. The summed E-state index contributed by atoms with van der Waals surface area (Å²) in [6.45, 7) is 5.16. The number of likely N-dealkylation sites (N-methyl/N-ethyl adjacent to an activating group) is 1. The van der Waals surface area contributed by atoms with Gasteiger partial charge in [0.15, 0.2) is 0 Å². The summed E-state index contributed by atoms with van der Waals surface area (Å²) in [7, 11) is 2.25. The Labute approximate surface area is 129 Å². The van der Waals surface area contributed by atoms with Gasteiger partial charge in [-0.15, -0.1) is 0 Å². The van der Waals surface area contributed by atoms with Crippen molar-refractivity contribution in [3.63, 3.8) is 0 Å². The Balaban J connectivity index is 1.92. The van der Waals surface area contributed by atoms with E-state index in [1.807, 2.05) is 6.92 Å². The number of nitrogens with two attached hydrogens (primary N) is 1. The first-order valence-corrected chi connectivity index (χ1v) is 8.79. The second-order valence-electron chi connectivity index (χ2n) is 7.12. The molecule has 0 spiro atoms. The number of rotatable bonds is 6. The monoisotopic (exact) mass is 295 g/mol. The van der Waals surface area contributed by atoms with Crippen molar-refractivity contribution in [2.24, 2.45) is 11.7 Å². The third-order valence-electron chi connectivity index (χ3n) is 6.02. The zero-order valence-corrected chi connectivity index (χ0v) is 14.0. The van der Waals surface area contributed by atoms with Gasteiger partial charge >= 0.3 is 0 Å².